The molecule has 2 atom stereocenters. The van der Waals surface area contributed by atoms with Crippen LogP contribution in [0, 0.1) is 4.77 Å². The van der Waals surface area contributed by atoms with Gasteiger partial charge in [0.25, 0.3) is 0 Å². The molecule has 5 rings (SSSR count). The molecule has 2 fully saturated rings. The summed E-state index contributed by atoms with van der Waals surface area (Å²) in [6, 6.07) is 9.94. The lowest BCUT2D eigenvalue weighted by Crippen LogP contribution is -3.09. The van der Waals surface area contributed by atoms with E-state index in [4.69, 9.17) is 17.3 Å². The molecule has 0 amide bonds. The normalized spacial score (nSPS) is 22.9. The van der Waals surface area contributed by atoms with Crippen LogP contribution in [0.5, 0.6) is 0 Å². The lowest BCUT2D eigenvalue weighted by atomic mass is 10.2. The van der Waals surface area contributed by atoms with Gasteiger partial charge in [0.1, 0.15) is 11.9 Å². The quantitative estimate of drug-likeness (QED) is 0.633. The Hall–Kier alpha value is -1.28. The van der Waals surface area contributed by atoms with E-state index in [9.17, 15) is 0 Å². The molecule has 1 aliphatic heterocycles. The van der Waals surface area contributed by atoms with E-state index in [1.54, 1.807) is 16.2 Å². The average molecular weight is 404 g/mol. The van der Waals surface area contributed by atoms with Crippen LogP contribution in [0.25, 0.3) is 0 Å². The van der Waals surface area contributed by atoms with Crippen LogP contribution in [0.15, 0.2) is 35.0 Å². The van der Waals surface area contributed by atoms with Crippen molar-refractivity contribution in [3.05, 3.63) is 55.4 Å². The van der Waals surface area contributed by atoms with Crippen molar-refractivity contribution in [2.24, 2.45) is 0 Å². The summed E-state index contributed by atoms with van der Waals surface area (Å²) in [6.07, 6.45) is 5.94. The smallest absolute Gasteiger partial charge is 0.203 e. The minimum atomic E-state index is 0.577. The van der Waals surface area contributed by atoms with Crippen molar-refractivity contribution in [2.75, 3.05) is 6.54 Å². The van der Waals surface area contributed by atoms with Crippen LogP contribution in [0.2, 0.25) is 0 Å². The second-order valence-corrected chi connectivity index (χ2v) is 9.71. The maximum absolute atomic E-state index is 5.85. The van der Waals surface area contributed by atoms with Crippen LogP contribution < -0.4 is 4.90 Å². The molecule has 4 heterocycles. The Balaban J connectivity index is 1.43. The summed E-state index contributed by atoms with van der Waals surface area (Å²) in [4.78, 5) is 4.47. The Bertz CT molecular complexity index is 919. The molecule has 3 aromatic heterocycles. The van der Waals surface area contributed by atoms with Gasteiger partial charge in [0.05, 0.1) is 11.4 Å². The van der Waals surface area contributed by atoms with Crippen molar-refractivity contribution in [2.45, 2.75) is 50.9 Å². The molecule has 1 saturated heterocycles. The first-order chi connectivity index (χ1) is 12.8. The second kappa shape index (κ2) is 7.03. The highest BCUT2D eigenvalue weighted by atomic mass is 32.1. The fourth-order valence-corrected chi connectivity index (χ4v) is 6.06. The largest absolute Gasteiger partial charge is 0.309 e. The maximum atomic E-state index is 5.85. The van der Waals surface area contributed by atoms with Gasteiger partial charge in [-0.15, -0.1) is 22.7 Å². The minimum absolute atomic E-state index is 0.577. The summed E-state index contributed by atoms with van der Waals surface area (Å²) in [6.45, 7) is 2.10. The molecule has 0 aromatic carbocycles. The third-order valence-electron chi connectivity index (χ3n) is 5.49. The number of nitrogens with one attached hydrogen (secondary N) is 1. The number of rotatable bonds is 6. The van der Waals surface area contributed by atoms with E-state index in [0.717, 1.165) is 23.7 Å². The second-order valence-electron chi connectivity index (χ2n) is 7.33. The van der Waals surface area contributed by atoms with E-state index in [1.807, 2.05) is 11.3 Å². The van der Waals surface area contributed by atoms with Crippen molar-refractivity contribution in [1.29, 1.82) is 0 Å². The van der Waals surface area contributed by atoms with Crippen LogP contribution in [0.3, 0.4) is 0 Å². The summed E-state index contributed by atoms with van der Waals surface area (Å²) >= 11 is 9.54. The van der Waals surface area contributed by atoms with Crippen molar-refractivity contribution >= 4 is 34.9 Å². The molecule has 1 saturated carbocycles. The molecule has 7 heteroatoms. The van der Waals surface area contributed by atoms with E-state index < -0.39 is 0 Å². The Labute approximate surface area is 166 Å². The van der Waals surface area contributed by atoms with Gasteiger partial charge in [-0.05, 0) is 48.0 Å². The molecule has 0 bridgehead atoms. The van der Waals surface area contributed by atoms with Crippen molar-refractivity contribution in [1.82, 2.24) is 14.3 Å². The van der Waals surface area contributed by atoms with Gasteiger partial charge >= 0.3 is 0 Å². The molecular weight excluding hydrogens is 380 g/mol. The van der Waals surface area contributed by atoms with Crippen LogP contribution >= 0.6 is 34.9 Å². The first-order valence-electron chi connectivity index (χ1n) is 9.38. The minimum Gasteiger partial charge on any atom is -0.309 e. The van der Waals surface area contributed by atoms with E-state index >= 15 is 0 Å². The van der Waals surface area contributed by atoms with Gasteiger partial charge in [-0.3, -0.25) is 0 Å². The fourth-order valence-electron chi connectivity index (χ4n) is 4.08. The summed E-state index contributed by atoms with van der Waals surface area (Å²) in [5.41, 5.74) is 0. The zero-order valence-electron chi connectivity index (χ0n) is 14.6. The molecule has 3 aromatic rings. The van der Waals surface area contributed by atoms with Gasteiger partial charge in [0.15, 0.2) is 6.67 Å². The van der Waals surface area contributed by atoms with Gasteiger partial charge in [0.2, 0.25) is 4.77 Å². The molecule has 0 spiro atoms. The van der Waals surface area contributed by atoms with Gasteiger partial charge in [-0.25, -0.2) is 0 Å². The maximum Gasteiger partial charge on any atom is 0.203 e. The average Bonchev–Trinajstić information content (AvgIpc) is 3.11. The summed E-state index contributed by atoms with van der Waals surface area (Å²) in [5, 5.41) is 9.32. The summed E-state index contributed by atoms with van der Waals surface area (Å²) in [7, 11) is 0. The number of aromatic nitrogens is 3. The van der Waals surface area contributed by atoms with Crippen molar-refractivity contribution in [3.8, 4) is 0 Å². The van der Waals surface area contributed by atoms with Crippen molar-refractivity contribution < 1.29 is 4.90 Å². The number of quaternary nitrogens is 1. The van der Waals surface area contributed by atoms with E-state index in [2.05, 4.69) is 44.3 Å². The van der Waals surface area contributed by atoms with Crippen LogP contribution in [0.1, 0.15) is 53.3 Å². The zero-order chi connectivity index (χ0) is 17.5. The van der Waals surface area contributed by atoms with E-state index in [1.165, 1.54) is 42.0 Å². The predicted molar refractivity (Wildman–Crippen MR) is 109 cm³/mol. The molecule has 4 nitrogen and oxygen atoms in total. The van der Waals surface area contributed by atoms with Crippen LogP contribution in [-0.4, -0.2) is 20.9 Å². The highest BCUT2D eigenvalue weighted by Crippen LogP contribution is 2.36. The molecule has 1 aliphatic carbocycles. The lowest BCUT2D eigenvalue weighted by Gasteiger charge is -2.20. The Kier molecular flexibility index (Phi) is 4.56. The molecule has 2 aliphatic rings. The monoisotopic (exact) mass is 403 g/mol. The molecule has 1 unspecified atom stereocenters. The first kappa shape index (κ1) is 16.9. The molecule has 1 N–H and O–H groups in total. The predicted octanol–water partition coefficient (Wildman–Crippen LogP) is 3.84. The van der Waals surface area contributed by atoms with Crippen molar-refractivity contribution in [3.63, 3.8) is 0 Å². The SMILES string of the molecule is S=c1n(C[NH+]2CCC[C@H]2c2cccs2)nc(Cc2cccs2)n1C1CC1. The highest BCUT2D eigenvalue weighted by molar-refractivity contribution is 7.71. The molecular formula is C19H23N4S3+. The van der Waals surface area contributed by atoms with Gasteiger partial charge in [-0.1, -0.05) is 12.1 Å². The molecule has 136 valence electrons. The van der Waals surface area contributed by atoms with Crippen LogP contribution in [-0.2, 0) is 13.1 Å². The third kappa shape index (κ3) is 3.22. The zero-order valence-corrected chi connectivity index (χ0v) is 17.1. The van der Waals surface area contributed by atoms with E-state index in [-0.39, 0.29) is 0 Å². The standard InChI is InChI=1S/C19H22N4S3/c24-19-22(13-21-9-1-5-16(21)17-6-3-11-26-17)20-18(23(19)14-7-8-14)12-15-4-2-10-25-15/h2-4,6,10-11,14,16H,1,5,7-9,12-13H2/p+1/t16-/m0/s1. The van der Waals surface area contributed by atoms with E-state index in [0.29, 0.717) is 12.1 Å². The highest BCUT2D eigenvalue weighted by Gasteiger charge is 2.33. The summed E-state index contributed by atoms with van der Waals surface area (Å²) in [5.74, 6) is 1.14. The Morgan fingerprint density at radius 1 is 1.15 bits per heavy atom. The third-order valence-corrected chi connectivity index (χ3v) is 7.76. The first-order valence-corrected chi connectivity index (χ1v) is 11.5. The number of nitrogens with zero attached hydrogens (tertiary/aromatic N) is 3. The van der Waals surface area contributed by atoms with Crippen LogP contribution in [0.4, 0.5) is 0 Å². The molecule has 0 radical (unpaired) electrons. The number of hydrogen-bond donors (Lipinski definition) is 1. The topological polar surface area (TPSA) is 27.2 Å². The lowest BCUT2D eigenvalue weighted by molar-refractivity contribution is -0.941. The van der Waals surface area contributed by atoms with Gasteiger partial charge < -0.3 is 9.47 Å². The number of hydrogen-bond acceptors (Lipinski definition) is 4. The van der Waals surface area contributed by atoms with Gasteiger partial charge in [-0.2, -0.15) is 9.78 Å². The fraction of sp³-hybridized carbons (Fsp3) is 0.474. The Morgan fingerprint density at radius 2 is 2.00 bits per heavy atom. The molecule has 26 heavy (non-hydrogen) atoms. The summed E-state index contributed by atoms with van der Waals surface area (Å²) < 4.78 is 5.37. The number of likely N-dealkylation sites (tertiary alicyclic amines) is 1. The number of thiophene rings is 2. The van der Waals surface area contributed by atoms with Gasteiger partial charge in [0, 0.05) is 30.2 Å². The Morgan fingerprint density at radius 3 is 2.73 bits per heavy atom.